The van der Waals surface area contributed by atoms with Crippen molar-refractivity contribution in [1.29, 1.82) is 0 Å². The standard InChI is InChI=1S/C26H19ClFIN2O5/c1-14-6-7-18(12-20(14)27)31-25(33)19(24(32)30-26(31)34)9-16-10-21(29)23(22(11-16)35-2)36-13-15-4-3-5-17(28)8-15/h3-12H,13H2,1-2H3,(H,30,32,34)/b19-9-. The fraction of sp³-hybridized carbons (Fsp3) is 0.115. The molecule has 0 spiro atoms. The van der Waals surface area contributed by atoms with Crippen molar-refractivity contribution in [3.63, 3.8) is 0 Å². The van der Waals surface area contributed by atoms with Gasteiger partial charge in [-0.3, -0.25) is 14.9 Å². The van der Waals surface area contributed by atoms with E-state index >= 15 is 0 Å². The van der Waals surface area contributed by atoms with E-state index < -0.39 is 17.8 Å². The van der Waals surface area contributed by atoms with Gasteiger partial charge in [-0.1, -0.05) is 29.8 Å². The Morgan fingerprint density at radius 2 is 1.89 bits per heavy atom. The minimum absolute atomic E-state index is 0.113. The van der Waals surface area contributed by atoms with Gasteiger partial charge in [0, 0.05) is 5.02 Å². The van der Waals surface area contributed by atoms with Gasteiger partial charge in [-0.2, -0.15) is 0 Å². The number of nitrogens with zero attached hydrogens (tertiary/aromatic N) is 1. The molecule has 1 N–H and O–H groups in total. The Balaban J connectivity index is 1.65. The van der Waals surface area contributed by atoms with Crippen LogP contribution in [-0.4, -0.2) is 25.0 Å². The van der Waals surface area contributed by atoms with E-state index in [4.69, 9.17) is 21.1 Å². The van der Waals surface area contributed by atoms with Crippen molar-refractivity contribution in [3.8, 4) is 11.5 Å². The molecule has 0 unspecified atom stereocenters. The Hall–Kier alpha value is -3.44. The van der Waals surface area contributed by atoms with Crippen molar-refractivity contribution in [3.05, 3.63) is 91.3 Å². The number of imide groups is 2. The zero-order valence-electron chi connectivity index (χ0n) is 19.1. The number of barbiturate groups is 1. The molecule has 0 atom stereocenters. The molecule has 36 heavy (non-hydrogen) atoms. The molecule has 1 saturated heterocycles. The molecule has 1 fully saturated rings. The quantitative estimate of drug-likeness (QED) is 0.219. The van der Waals surface area contributed by atoms with Gasteiger partial charge in [-0.15, -0.1) is 0 Å². The van der Waals surface area contributed by atoms with Crippen molar-refractivity contribution >= 4 is 63.8 Å². The van der Waals surface area contributed by atoms with Crippen LogP contribution in [-0.2, 0) is 16.2 Å². The predicted molar refractivity (Wildman–Crippen MR) is 142 cm³/mol. The molecular formula is C26H19ClFIN2O5. The molecule has 10 heteroatoms. The van der Waals surface area contributed by atoms with Crippen LogP contribution in [0.4, 0.5) is 14.9 Å². The van der Waals surface area contributed by atoms with Gasteiger partial charge in [0.2, 0.25) is 0 Å². The van der Waals surface area contributed by atoms with Crippen molar-refractivity contribution in [2.24, 2.45) is 0 Å². The molecule has 4 rings (SSSR count). The summed E-state index contributed by atoms with van der Waals surface area (Å²) in [6.45, 7) is 1.90. The number of benzene rings is 3. The van der Waals surface area contributed by atoms with Gasteiger partial charge in [-0.25, -0.2) is 14.1 Å². The molecule has 0 bridgehead atoms. The van der Waals surface area contributed by atoms with E-state index in [0.717, 1.165) is 10.5 Å². The smallest absolute Gasteiger partial charge is 0.335 e. The molecule has 1 aliphatic rings. The minimum atomic E-state index is -0.865. The molecular weight excluding hydrogens is 602 g/mol. The summed E-state index contributed by atoms with van der Waals surface area (Å²) in [5.41, 5.74) is 1.89. The number of methoxy groups -OCH3 is 1. The number of nitrogens with one attached hydrogen (secondary N) is 1. The third kappa shape index (κ3) is 5.36. The van der Waals surface area contributed by atoms with Crippen LogP contribution in [0.1, 0.15) is 16.7 Å². The maximum atomic E-state index is 13.5. The lowest BCUT2D eigenvalue weighted by Crippen LogP contribution is -2.54. The molecule has 3 aromatic carbocycles. The Kier molecular flexibility index (Phi) is 7.60. The van der Waals surface area contributed by atoms with Gasteiger partial charge in [0.05, 0.1) is 16.4 Å². The topological polar surface area (TPSA) is 84.9 Å². The highest BCUT2D eigenvalue weighted by atomic mass is 127. The fourth-order valence-corrected chi connectivity index (χ4v) is 4.48. The van der Waals surface area contributed by atoms with Crippen molar-refractivity contribution in [2.45, 2.75) is 13.5 Å². The number of ether oxygens (including phenoxy) is 2. The van der Waals surface area contributed by atoms with Crippen LogP contribution in [0.3, 0.4) is 0 Å². The monoisotopic (exact) mass is 620 g/mol. The van der Waals surface area contributed by atoms with E-state index in [-0.39, 0.29) is 23.7 Å². The molecule has 1 heterocycles. The van der Waals surface area contributed by atoms with Crippen LogP contribution in [0.2, 0.25) is 5.02 Å². The van der Waals surface area contributed by atoms with E-state index in [9.17, 15) is 18.8 Å². The number of hydrogen-bond donors (Lipinski definition) is 1. The van der Waals surface area contributed by atoms with E-state index in [1.807, 2.05) is 22.6 Å². The lowest BCUT2D eigenvalue weighted by atomic mass is 10.1. The molecule has 0 radical (unpaired) electrons. The summed E-state index contributed by atoms with van der Waals surface area (Å²) in [7, 11) is 1.46. The fourth-order valence-electron chi connectivity index (χ4n) is 3.52. The zero-order chi connectivity index (χ0) is 26.0. The first-order chi connectivity index (χ1) is 17.2. The number of rotatable bonds is 6. The van der Waals surface area contributed by atoms with Crippen LogP contribution >= 0.6 is 34.2 Å². The van der Waals surface area contributed by atoms with Crippen LogP contribution in [0, 0.1) is 16.3 Å². The van der Waals surface area contributed by atoms with Crippen molar-refractivity contribution < 1.29 is 28.2 Å². The number of carbonyl (C=O) groups is 3. The summed E-state index contributed by atoms with van der Waals surface area (Å²) in [6, 6.07) is 13.2. The lowest BCUT2D eigenvalue weighted by molar-refractivity contribution is -0.122. The van der Waals surface area contributed by atoms with Crippen molar-refractivity contribution in [2.75, 3.05) is 12.0 Å². The second-order valence-corrected chi connectivity index (χ2v) is 9.41. The first kappa shape index (κ1) is 25.6. The van der Waals surface area contributed by atoms with Gasteiger partial charge in [0.1, 0.15) is 18.0 Å². The van der Waals surface area contributed by atoms with Gasteiger partial charge in [0.25, 0.3) is 11.8 Å². The second kappa shape index (κ2) is 10.7. The Labute approximate surface area is 225 Å². The summed E-state index contributed by atoms with van der Waals surface area (Å²) < 4.78 is 25.4. The first-order valence-electron chi connectivity index (χ1n) is 10.6. The molecule has 0 aromatic heterocycles. The minimum Gasteiger partial charge on any atom is -0.493 e. The molecule has 0 saturated carbocycles. The number of aryl methyl sites for hydroxylation is 1. The maximum absolute atomic E-state index is 13.5. The van der Waals surface area contributed by atoms with Gasteiger partial charge >= 0.3 is 6.03 Å². The van der Waals surface area contributed by atoms with Gasteiger partial charge in [-0.05, 0) is 88.7 Å². The average Bonchev–Trinajstić information content (AvgIpc) is 2.83. The highest BCUT2D eigenvalue weighted by Gasteiger charge is 2.37. The van der Waals surface area contributed by atoms with Gasteiger partial charge < -0.3 is 9.47 Å². The third-order valence-electron chi connectivity index (χ3n) is 5.35. The number of urea groups is 1. The predicted octanol–water partition coefficient (Wildman–Crippen LogP) is 5.65. The second-order valence-electron chi connectivity index (χ2n) is 7.84. The average molecular weight is 621 g/mol. The molecule has 1 aliphatic heterocycles. The zero-order valence-corrected chi connectivity index (χ0v) is 22.0. The normalized spacial score (nSPS) is 14.8. The van der Waals surface area contributed by atoms with Crippen LogP contribution in [0.5, 0.6) is 11.5 Å². The van der Waals surface area contributed by atoms with E-state index in [1.165, 1.54) is 31.4 Å². The van der Waals surface area contributed by atoms with Crippen LogP contribution in [0.25, 0.3) is 6.08 Å². The molecule has 184 valence electrons. The molecule has 3 aromatic rings. The van der Waals surface area contributed by atoms with E-state index in [2.05, 4.69) is 5.32 Å². The summed E-state index contributed by atoms with van der Waals surface area (Å²) in [6.07, 6.45) is 1.37. The number of carbonyl (C=O) groups excluding carboxylic acids is 3. The van der Waals surface area contributed by atoms with Crippen molar-refractivity contribution in [1.82, 2.24) is 5.32 Å². The van der Waals surface area contributed by atoms with Crippen LogP contribution in [0.15, 0.2) is 60.2 Å². The largest absolute Gasteiger partial charge is 0.493 e. The summed E-state index contributed by atoms with van der Waals surface area (Å²) in [5.74, 6) is -1.19. The highest BCUT2D eigenvalue weighted by Crippen LogP contribution is 2.36. The summed E-state index contributed by atoms with van der Waals surface area (Å²) >= 11 is 8.20. The number of anilines is 1. The highest BCUT2D eigenvalue weighted by molar-refractivity contribution is 14.1. The molecule has 0 aliphatic carbocycles. The van der Waals surface area contributed by atoms with Crippen LogP contribution < -0.4 is 19.7 Å². The third-order valence-corrected chi connectivity index (χ3v) is 6.56. The maximum Gasteiger partial charge on any atom is 0.335 e. The number of amides is 4. The van der Waals surface area contributed by atoms with E-state index in [0.29, 0.717) is 31.2 Å². The lowest BCUT2D eigenvalue weighted by Gasteiger charge is -2.26. The van der Waals surface area contributed by atoms with E-state index in [1.54, 1.807) is 43.3 Å². The summed E-state index contributed by atoms with van der Waals surface area (Å²) in [5, 5.41) is 2.57. The molecule has 4 amide bonds. The first-order valence-corrected chi connectivity index (χ1v) is 12.1. The SMILES string of the molecule is COc1cc(/C=C2/C(=O)NC(=O)N(c3ccc(C)c(Cl)c3)C2=O)cc(I)c1OCc1cccc(F)c1. The molecule has 7 nitrogen and oxygen atoms in total. The Morgan fingerprint density at radius 3 is 2.58 bits per heavy atom. The Bertz CT molecular complexity index is 1430. The Morgan fingerprint density at radius 1 is 1.11 bits per heavy atom. The number of halogens is 3. The summed E-state index contributed by atoms with van der Waals surface area (Å²) in [4.78, 5) is 39.1. The van der Waals surface area contributed by atoms with Gasteiger partial charge in [0.15, 0.2) is 11.5 Å². The number of hydrogen-bond acceptors (Lipinski definition) is 5.